The van der Waals surface area contributed by atoms with Crippen LogP contribution in [0.25, 0.3) is 0 Å². The van der Waals surface area contributed by atoms with Crippen molar-refractivity contribution < 1.29 is 9.53 Å². The molecule has 2 aromatic carbocycles. The topological polar surface area (TPSA) is 74.8 Å². The maximum absolute atomic E-state index is 12.1. The lowest BCUT2D eigenvalue weighted by atomic mass is 10.1. The third kappa shape index (κ3) is 7.92. The predicted molar refractivity (Wildman–Crippen MR) is 128 cm³/mol. The second kappa shape index (κ2) is 11.6. The van der Waals surface area contributed by atoms with Gasteiger partial charge in [-0.2, -0.15) is 0 Å². The molecule has 0 spiro atoms. The van der Waals surface area contributed by atoms with Crippen molar-refractivity contribution in [2.45, 2.75) is 26.3 Å². The molecule has 6 nitrogen and oxygen atoms in total. The van der Waals surface area contributed by atoms with Crippen LogP contribution in [0, 0.1) is 12.8 Å². The van der Waals surface area contributed by atoms with Crippen molar-refractivity contribution >= 4 is 41.5 Å². The van der Waals surface area contributed by atoms with Gasteiger partial charge in [0, 0.05) is 24.8 Å². The maximum Gasteiger partial charge on any atom is 0.243 e. The zero-order chi connectivity index (χ0) is 19.8. The van der Waals surface area contributed by atoms with E-state index in [9.17, 15) is 4.79 Å². The number of benzene rings is 2. The highest BCUT2D eigenvalue weighted by Crippen LogP contribution is 2.30. The molecule has 2 aromatic rings. The second-order valence-electron chi connectivity index (χ2n) is 7.06. The molecule has 0 aromatic heterocycles. The molecule has 3 rings (SSSR count). The Morgan fingerprint density at radius 1 is 1.14 bits per heavy atom. The minimum atomic E-state index is -0.127. The summed E-state index contributed by atoms with van der Waals surface area (Å²) in [7, 11) is 1.68. The zero-order valence-corrected chi connectivity index (χ0v) is 19.2. The van der Waals surface area contributed by atoms with Crippen molar-refractivity contribution in [3.63, 3.8) is 0 Å². The number of nitrogens with zero attached hydrogens (tertiary/aromatic N) is 1. The molecule has 1 fully saturated rings. The summed E-state index contributed by atoms with van der Waals surface area (Å²) in [5.41, 5.74) is 3.02. The number of aliphatic imine (C=N–C) groups is 1. The molecule has 0 unspecified atom stereocenters. The maximum atomic E-state index is 12.1. The molecular formula is C22H29IN4O2. The number of hydrogen-bond acceptors (Lipinski definition) is 3. The first kappa shape index (κ1) is 23.0. The highest BCUT2D eigenvalue weighted by atomic mass is 127. The molecule has 1 amide bonds. The van der Waals surface area contributed by atoms with Crippen molar-refractivity contribution in [2.75, 3.05) is 25.5 Å². The van der Waals surface area contributed by atoms with Crippen LogP contribution in [0.2, 0.25) is 0 Å². The van der Waals surface area contributed by atoms with Crippen molar-refractivity contribution in [1.82, 2.24) is 10.6 Å². The molecule has 156 valence electrons. The van der Waals surface area contributed by atoms with Crippen molar-refractivity contribution in [3.05, 3.63) is 59.7 Å². The van der Waals surface area contributed by atoms with Gasteiger partial charge in [-0.3, -0.25) is 9.79 Å². The van der Waals surface area contributed by atoms with E-state index in [1.165, 1.54) is 18.4 Å². The first-order chi connectivity index (χ1) is 13.6. The van der Waals surface area contributed by atoms with Crippen LogP contribution < -0.4 is 20.7 Å². The van der Waals surface area contributed by atoms with Crippen molar-refractivity contribution in [2.24, 2.45) is 10.9 Å². The van der Waals surface area contributed by atoms with Crippen LogP contribution in [0.5, 0.6) is 5.75 Å². The van der Waals surface area contributed by atoms with Crippen molar-refractivity contribution in [1.29, 1.82) is 0 Å². The van der Waals surface area contributed by atoms with Gasteiger partial charge in [0.2, 0.25) is 5.91 Å². The van der Waals surface area contributed by atoms with Gasteiger partial charge in [-0.05, 0) is 49.4 Å². The molecule has 0 atom stereocenters. The largest absolute Gasteiger partial charge is 0.493 e. The minimum Gasteiger partial charge on any atom is -0.493 e. The molecule has 0 heterocycles. The van der Waals surface area contributed by atoms with Crippen LogP contribution in [0.3, 0.4) is 0 Å². The summed E-state index contributed by atoms with van der Waals surface area (Å²) in [6, 6.07) is 15.6. The number of amides is 1. The Labute approximate surface area is 189 Å². The fourth-order valence-electron chi connectivity index (χ4n) is 2.72. The van der Waals surface area contributed by atoms with Gasteiger partial charge in [0.1, 0.15) is 5.75 Å². The van der Waals surface area contributed by atoms with E-state index in [1.54, 1.807) is 7.05 Å². The Bertz CT molecular complexity index is 823. The molecule has 7 heteroatoms. The molecule has 29 heavy (non-hydrogen) atoms. The lowest BCUT2D eigenvalue weighted by molar-refractivity contribution is -0.115. The van der Waals surface area contributed by atoms with Crippen LogP contribution in [0.15, 0.2) is 53.5 Å². The molecule has 1 aliphatic carbocycles. The Morgan fingerprint density at radius 3 is 2.59 bits per heavy atom. The Hall–Kier alpha value is -2.29. The number of para-hydroxylation sites is 1. The van der Waals surface area contributed by atoms with Gasteiger partial charge in [-0.25, -0.2) is 0 Å². The van der Waals surface area contributed by atoms with Gasteiger partial charge in [0.15, 0.2) is 5.96 Å². The number of halogens is 1. The van der Waals surface area contributed by atoms with E-state index >= 15 is 0 Å². The number of aryl methyl sites for hydroxylation is 1. The Kier molecular flexibility index (Phi) is 9.24. The van der Waals surface area contributed by atoms with E-state index in [2.05, 4.69) is 46.1 Å². The molecule has 1 saturated carbocycles. The summed E-state index contributed by atoms with van der Waals surface area (Å²) in [5.74, 6) is 2.06. The van der Waals surface area contributed by atoms with Crippen LogP contribution in [-0.2, 0) is 11.3 Å². The number of hydrogen-bond donors (Lipinski definition) is 3. The first-order valence-electron chi connectivity index (χ1n) is 9.66. The third-order valence-electron chi connectivity index (χ3n) is 4.54. The van der Waals surface area contributed by atoms with E-state index in [4.69, 9.17) is 4.74 Å². The van der Waals surface area contributed by atoms with E-state index in [-0.39, 0.29) is 36.4 Å². The summed E-state index contributed by atoms with van der Waals surface area (Å²) in [4.78, 5) is 16.3. The molecule has 0 aliphatic heterocycles. The summed E-state index contributed by atoms with van der Waals surface area (Å²) < 4.78 is 6.01. The highest BCUT2D eigenvalue weighted by molar-refractivity contribution is 14.0. The van der Waals surface area contributed by atoms with Crippen LogP contribution in [0.4, 0.5) is 5.69 Å². The minimum absolute atomic E-state index is 0. The van der Waals surface area contributed by atoms with Crippen molar-refractivity contribution in [3.8, 4) is 5.75 Å². The molecule has 0 saturated heterocycles. The molecule has 0 radical (unpaired) electrons. The standard InChI is InChI=1S/C22H28N4O2.HI/c1-16-8-11-18(20(12-16)28-15-17-9-10-17)13-24-22(23-2)25-14-21(27)26-19-6-4-3-5-7-19;/h3-8,11-12,17H,9-10,13-15H2,1-2H3,(H,26,27)(H2,23,24,25);1H. The predicted octanol–water partition coefficient (Wildman–Crippen LogP) is 3.71. The highest BCUT2D eigenvalue weighted by Gasteiger charge is 2.22. The van der Waals surface area contributed by atoms with Crippen LogP contribution >= 0.6 is 24.0 Å². The summed E-state index contributed by atoms with van der Waals surface area (Å²) in [6.45, 7) is 3.55. The first-order valence-corrected chi connectivity index (χ1v) is 9.66. The lowest BCUT2D eigenvalue weighted by Crippen LogP contribution is -2.41. The number of nitrogens with one attached hydrogen (secondary N) is 3. The summed E-state index contributed by atoms with van der Waals surface area (Å²) in [5, 5.41) is 9.12. The smallest absolute Gasteiger partial charge is 0.243 e. The average molecular weight is 508 g/mol. The fraction of sp³-hybridized carbons (Fsp3) is 0.364. The van der Waals surface area contributed by atoms with Gasteiger partial charge in [-0.15, -0.1) is 24.0 Å². The van der Waals surface area contributed by atoms with Gasteiger partial charge in [0.25, 0.3) is 0 Å². The van der Waals surface area contributed by atoms with E-state index in [0.717, 1.165) is 23.6 Å². The van der Waals surface area contributed by atoms with E-state index in [1.807, 2.05) is 30.3 Å². The number of rotatable bonds is 8. The quantitative estimate of drug-likeness (QED) is 0.289. The third-order valence-corrected chi connectivity index (χ3v) is 4.54. The van der Waals surface area contributed by atoms with Gasteiger partial charge in [-0.1, -0.05) is 30.3 Å². The van der Waals surface area contributed by atoms with Gasteiger partial charge in [0.05, 0.1) is 13.2 Å². The number of carbonyl (C=O) groups excluding carboxylic acids is 1. The monoisotopic (exact) mass is 508 g/mol. The van der Waals surface area contributed by atoms with Crippen LogP contribution in [0.1, 0.15) is 24.0 Å². The fourth-order valence-corrected chi connectivity index (χ4v) is 2.72. The molecule has 3 N–H and O–H groups in total. The summed E-state index contributed by atoms with van der Waals surface area (Å²) >= 11 is 0. The Morgan fingerprint density at radius 2 is 1.90 bits per heavy atom. The number of guanidine groups is 1. The Balaban J connectivity index is 0.00000300. The van der Waals surface area contributed by atoms with E-state index in [0.29, 0.717) is 18.4 Å². The molecule has 1 aliphatic rings. The lowest BCUT2D eigenvalue weighted by Gasteiger charge is -2.15. The number of anilines is 1. The van der Waals surface area contributed by atoms with Crippen LogP contribution in [-0.4, -0.2) is 32.1 Å². The SMILES string of the molecule is CN=C(NCC(=O)Nc1ccccc1)NCc1ccc(C)cc1OCC1CC1.I. The second-order valence-corrected chi connectivity index (χ2v) is 7.06. The molecular weight excluding hydrogens is 479 g/mol. The summed E-state index contributed by atoms with van der Waals surface area (Å²) in [6.07, 6.45) is 2.53. The zero-order valence-electron chi connectivity index (χ0n) is 16.9. The number of carbonyl (C=O) groups is 1. The number of ether oxygens (including phenoxy) is 1. The normalized spacial score (nSPS) is 13.2. The van der Waals surface area contributed by atoms with Gasteiger partial charge < -0.3 is 20.7 Å². The average Bonchev–Trinajstić information content (AvgIpc) is 3.53. The molecule has 0 bridgehead atoms. The van der Waals surface area contributed by atoms with E-state index < -0.39 is 0 Å². The van der Waals surface area contributed by atoms with Gasteiger partial charge >= 0.3 is 0 Å².